The number of hydrogen-bond donors (Lipinski definition) is 0. The molecule has 0 N–H and O–H groups in total. The molecule has 0 radical (unpaired) electrons. The second kappa shape index (κ2) is 12.3. The van der Waals surface area contributed by atoms with E-state index in [0.717, 1.165) is 55.7 Å². The molecule has 5 aromatic carbocycles. The highest BCUT2D eigenvalue weighted by atomic mass is 16.2. The third-order valence-electron chi connectivity index (χ3n) is 8.42. The lowest BCUT2D eigenvalue weighted by molar-refractivity contribution is 0.0990. The Morgan fingerprint density at radius 3 is 1.78 bits per heavy atom. The lowest BCUT2D eigenvalue weighted by Crippen LogP contribution is -2.11. The van der Waals surface area contributed by atoms with Crippen molar-refractivity contribution in [1.29, 1.82) is 0 Å². The highest BCUT2D eigenvalue weighted by Crippen LogP contribution is 2.39. The highest BCUT2D eigenvalue weighted by molar-refractivity contribution is 6.41. The van der Waals surface area contributed by atoms with Crippen molar-refractivity contribution in [2.45, 2.75) is 20.8 Å². The number of carbonyl (C=O) groups excluding carboxylic acids is 2. The van der Waals surface area contributed by atoms with Gasteiger partial charge in [-0.15, -0.1) is 0 Å². The number of hydrogen-bond acceptors (Lipinski definition) is 3. The Bertz CT molecular complexity index is 2160. The maximum absolute atomic E-state index is 13.4. The molecule has 0 saturated carbocycles. The van der Waals surface area contributed by atoms with Gasteiger partial charge in [-0.3, -0.25) is 9.59 Å². The molecular formula is C43H35NO2. The molecule has 0 unspecified atom stereocenters. The molecule has 0 atom stereocenters. The van der Waals surface area contributed by atoms with Gasteiger partial charge in [0.2, 0.25) is 0 Å². The van der Waals surface area contributed by atoms with Gasteiger partial charge < -0.3 is 4.90 Å². The van der Waals surface area contributed by atoms with E-state index in [2.05, 4.69) is 93.1 Å². The van der Waals surface area contributed by atoms with Crippen molar-refractivity contribution in [2.75, 3.05) is 4.90 Å². The van der Waals surface area contributed by atoms with Crippen molar-refractivity contribution in [3.63, 3.8) is 0 Å². The van der Waals surface area contributed by atoms with Crippen molar-refractivity contribution in [3.05, 3.63) is 166 Å². The van der Waals surface area contributed by atoms with E-state index in [1.807, 2.05) is 49.4 Å². The molecule has 0 aromatic heterocycles. The largest absolute Gasteiger partial charge is 0.310 e. The number of aryl methyl sites for hydroxylation is 2. The van der Waals surface area contributed by atoms with Crippen LogP contribution in [0.2, 0.25) is 0 Å². The summed E-state index contributed by atoms with van der Waals surface area (Å²) in [6, 6.07) is 28.8. The molecule has 5 aromatic rings. The molecule has 3 heteroatoms. The van der Waals surface area contributed by atoms with Crippen LogP contribution in [0, 0.1) is 13.8 Å². The first-order valence-corrected chi connectivity index (χ1v) is 15.3. The van der Waals surface area contributed by atoms with Crippen LogP contribution in [-0.4, -0.2) is 11.6 Å². The van der Waals surface area contributed by atoms with Gasteiger partial charge in [-0.1, -0.05) is 80.4 Å². The van der Waals surface area contributed by atoms with Crippen LogP contribution in [0.4, 0.5) is 17.1 Å². The van der Waals surface area contributed by atoms with Crippen molar-refractivity contribution in [2.24, 2.45) is 0 Å². The standard InChI is InChI=1S/C43H35NO2/c1-7-11-33-26-40-39(25-32(33)10-4)42(45)41(43(40)46)22-29-12-13-35-24-37(17-15-34(35)21-29)44(38-19-27(5)18-28(6)20-38)36-16-14-30(8-2)31(9-3)23-36/h7-26H,2-4H2,1,5-6H3/b11-7-,41-22?. The summed E-state index contributed by atoms with van der Waals surface area (Å²) < 4.78 is 0. The van der Waals surface area contributed by atoms with Crippen molar-refractivity contribution in [3.8, 4) is 0 Å². The predicted octanol–water partition coefficient (Wildman–Crippen LogP) is 11.4. The van der Waals surface area contributed by atoms with Crippen LogP contribution < -0.4 is 4.90 Å². The molecule has 3 nitrogen and oxygen atoms in total. The normalized spacial score (nSPS) is 13.4. The average Bonchev–Trinajstić information content (AvgIpc) is 3.27. The van der Waals surface area contributed by atoms with Gasteiger partial charge in [0.1, 0.15) is 0 Å². The summed E-state index contributed by atoms with van der Waals surface area (Å²) in [6.45, 7) is 18.0. The van der Waals surface area contributed by atoms with Crippen LogP contribution in [0.1, 0.15) is 66.6 Å². The first kappa shape index (κ1) is 30.2. The third kappa shape index (κ3) is 5.48. The third-order valence-corrected chi connectivity index (χ3v) is 8.42. The summed E-state index contributed by atoms with van der Waals surface area (Å²) in [5.74, 6) is -0.502. The monoisotopic (exact) mass is 597 g/mol. The van der Waals surface area contributed by atoms with E-state index < -0.39 is 0 Å². The quantitative estimate of drug-likeness (QED) is 0.132. The highest BCUT2D eigenvalue weighted by Gasteiger charge is 2.33. The predicted molar refractivity (Wildman–Crippen MR) is 196 cm³/mol. The van der Waals surface area contributed by atoms with Crippen LogP contribution in [0.25, 0.3) is 41.2 Å². The molecular weight excluding hydrogens is 562 g/mol. The Morgan fingerprint density at radius 1 is 0.565 bits per heavy atom. The minimum absolute atomic E-state index is 0.181. The molecule has 6 rings (SSSR count). The molecule has 1 aliphatic carbocycles. The van der Waals surface area contributed by atoms with Gasteiger partial charge in [0.25, 0.3) is 0 Å². The molecule has 0 heterocycles. The minimum atomic E-state index is -0.254. The number of benzene rings is 5. The number of nitrogens with zero attached hydrogens (tertiary/aromatic N) is 1. The van der Waals surface area contributed by atoms with E-state index >= 15 is 0 Å². The van der Waals surface area contributed by atoms with Crippen LogP contribution in [0.5, 0.6) is 0 Å². The molecule has 224 valence electrons. The number of rotatable bonds is 8. The van der Waals surface area contributed by atoms with E-state index in [1.54, 1.807) is 24.3 Å². The van der Waals surface area contributed by atoms with Gasteiger partial charge in [-0.05, 0) is 131 Å². The fraction of sp³-hybridized carbons (Fsp3) is 0.0698. The lowest BCUT2D eigenvalue weighted by Gasteiger charge is -2.27. The van der Waals surface area contributed by atoms with Crippen LogP contribution in [0.15, 0.2) is 116 Å². The van der Waals surface area contributed by atoms with Crippen LogP contribution in [0.3, 0.4) is 0 Å². The Labute approximate surface area is 270 Å². The topological polar surface area (TPSA) is 37.4 Å². The molecule has 46 heavy (non-hydrogen) atoms. The number of fused-ring (bicyclic) bond motifs is 2. The van der Waals surface area contributed by atoms with E-state index in [9.17, 15) is 9.59 Å². The molecule has 0 spiro atoms. The SMILES string of the molecule is C=Cc1ccc(N(c2cc(C)cc(C)c2)c2ccc3cc(C=C4C(=O)c5cc(C=C)c(/C=C\C)cc5C4=O)ccc3c2)cc1C=C. The summed E-state index contributed by atoms with van der Waals surface area (Å²) in [7, 11) is 0. The van der Waals surface area contributed by atoms with Crippen molar-refractivity contribution in [1.82, 2.24) is 0 Å². The Balaban J connectivity index is 1.41. The zero-order valence-electron chi connectivity index (χ0n) is 26.4. The fourth-order valence-corrected chi connectivity index (χ4v) is 6.27. The Morgan fingerprint density at radius 2 is 1.13 bits per heavy atom. The summed E-state index contributed by atoms with van der Waals surface area (Å²) >= 11 is 0. The van der Waals surface area contributed by atoms with Crippen LogP contribution in [-0.2, 0) is 0 Å². The summed E-state index contributed by atoms with van der Waals surface area (Å²) in [4.78, 5) is 29.0. The van der Waals surface area contributed by atoms with Gasteiger partial charge in [-0.2, -0.15) is 0 Å². The molecule has 0 aliphatic heterocycles. The zero-order chi connectivity index (χ0) is 32.5. The Hall–Kier alpha value is -5.80. The smallest absolute Gasteiger partial charge is 0.197 e. The summed E-state index contributed by atoms with van der Waals surface area (Å²) in [6.07, 6.45) is 10.9. The van der Waals surface area contributed by atoms with Crippen molar-refractivity contribution < 1.29 is 9.59 Å². The van der Waals surface area contributed by atoms with E-state index in [1.165, 1.54) is 11.1 Å². The molecule has 1 aliphatic rings. The van der Waals surface area contributed by atoms with Crippen molar-refractivity contribution >= 4 is 69.8 Å². The molecule has 0 saturated heterocycles. The molecule has 0 bridgehead atoms. The maximum atomic E-state index is 13.4. The first-order valence-electron chi connectivity index (χ1n) is 15.3. The average molecular weight is 598 g/mol. The lowest BCUT2D eigenvalue weighted by atomic mass is 9.99. The van der Waals surface area contributed by atoms with E-state index in [-0.39, 0.29) is 17.1 Å². The zero-order valence-corrected chi connectivity index (χ0v) is 26.4. The molecule has 0 fully saturated rings. The second-order valence-corrected chi connectivity index (χ2v) is 11.6. The Kier molecular flexibility index (Phi) is 8.08. The number of ketones is 2. The van der Waals surface area contributed by atoms with Gasteiger partial charge >= 0.3 is 0 Å². The maximum Gasteiger partial charge on any atom is 0.197 e. The number of anilines is 3. The first-order chi connectivity index (χ1) is 22.2. The number of allylic oxidation sites excluding steroid dienone is 2. The summed E-state index contributed by atoms with van der Waals surface area (Å²) in [5.41, 5.74) is 11.0. The van der Waals surface area contributed by atoms with Crippen LogP contribution >= 0.6 is 0 Å². The van der Waals surface area contributed by atoms with E-state index in [4.69, 9.17) is 0 Å². The molecule has 0 amide bonds. The van der Waals surface area contributed by atoms with E-state index in [0.29, 0.717) is 11.1 Å². The van der Waals surface area contributed by atoms with Gasteiger partial charge in [-0.25, -0.2) is 0 Å². The minimum Gasteiger partial charge on any atom is -0.310 e. The van der Waals surface area contributed by atoms with Gasteiger partial charge in [0.15, 0.2) is 11.6 Å². The number of Topliss-reactive ketones (excluding diaryl/α,β-unsaturated/α-hetero) is 2. The van der Waals surface area contributed by atoms with Gasteiger partial charge in [0.05, 0.1) is 5.57 Å². The number of carbonyl (C=O) groups is 2. The second-order valence-electron chi connectivity index (χ2n) is 11.6. The summed E-state index contributed by atoms with van der Waals surface area (Å²) in [5, 5.41) is 2.05. The van der Waals surface area contributed by atoms with Gasteiger partial charge in [0, 0.05) is 28.2 Å². The fourth-order valence-electron chi connectivity index (χ4n) is 6.27.